The lowest BCUT2D eigenvalue weighted by Gasteiger charge is -2.39. The molecule has 39 heavy (non-hydrogen) atoms. The lowest BCUT2D eigenvalue weighted by Crippen LogP contribution is -2.56. The van der Waals surface area contributed by atoms with Crippen molar-refractivity contribution in [1.29, 1.82) is 0 Å². The normalized spacial score (nSPS) is 15.4. The summed E-state index contributed by atoms with van der Waals surface area (Å²) >= 11 is 1.64. The predicted molar refractivity (Wildman–Crippen MR) is 154 cm³/mol. The van der Waals surface area contributed by atoms with E-state index in [1.54, 1.807) is 47.4 Å². The summed E-state index contributed by atoms with van der Waals surface area (Å²) in [5, 5.41) is 6.02. The van der Waals surface area contributed by atoms with Crippen molar-refractivity contribution in [2.45, 2.75) is 33.4 Å². The van der Waals surface area contributed by atoms with Crippen molar-refractivity contribution in [1.82, 2.24) is 14.4 Å². The second-order valence-electron chi connectivity index (χ2n) is 9.74. The number of aryl methyl sites for hydroxylation is 1. The minimum atomic E-state index is -0.394. The smallest absolute Gasteiger partial charge is 0.338 e. The minimum absolute atomic E-state index is 0.0200. The molecule has 0 aliphatic carbocycles. The molecule has 0 saturated carbocycles. The molecule has 1 fully saturated rings. The lowest BCUT2D eigenvalue weighted by atomic mass is 10.1. The van der Waals surface area contributed by atoms with Crippen LogP contribution in [-0.4, -0.2) is 64.6 Å². The van der Waals surface area contributed by atoms with Crippen LogP contribution >= 0.6 is 11.3 Å². The molecule has 2 aromatic carbocycles. The van der Waals surface area contributed by atoms with Crippen molar-refractivity contribution in [2.24, 2.45) is 0 Å². The third-order valence-electron chi connectivity index (χ3n) is 7.13. The second kappa shape index (κ2) is 11.3. The third kappa shape index (κ3) is 5.54. The molecule has 8 nitrogen and oxygen atoms in total. The number of hydrogen-bond donors (Lipinski definition) is 1. The molecule has 0 radical (unpaired) electrons. The van der Waals surface area contributed by atoms with Crippen LogP contribution in [0.5, 0.6) is 0 Å². The van der Waals surface area contributed by atoms with Crippen molar-refractivity contribution in [2.75, 3.05) is 31.6 Å². The molecule has 5 rings (SSSR count). The molecule has 0 unspecified atom stereocenters. The summed E-state index contributed by atoms with van der Waals surface area (Å²) in [5.41, 5.74) is 4.07. The molecule has 0 bridgehead atoms. The number of thiophene rings is 1. The molecule has 3 amide bonds. The largest absolute Gasteiger partial charge is 0.462 e. The fourth-order valence-electron chi connectivity index (χ4n) is 4.97. The number of ether oxygens (including phenoxy) is 1. The number of urea groups is 1. The fraction of sp³-hybridized carbons (Fsp3) is 0.300. The number of carbonyl (C=O) groups is 3. The van der Waals surface area contributed by atoms with E-state index in [1.165, 1.54) is 11.1 Å². The van der Waals surface area contributed by atoms with Crippen molar-refractivity contribution in [3.05, 3.63) is 88.4 Å². The van der Waals surface area contributed by atoms with Crippen LogP contribution in [0.1, 0.15) is 45.8 Å². The van der Waals surface area contributed by atoms with Gasteiger partial charge in [-0.2, -0.15) is 0 Å². The van der Waals surface area contributed by atoms with Gasteiger partial charge in [-0.15, -0.1) is 11.3 Å². The summed E-state index contributed by atoms with van der Waals surface area (Å²) in [6.07, 6.45) is 0. The number of rotatable bonds is 6. The summed E-state index contributed by atoms with van der Waals surface area (Å²) < 4.78 is 7.13. The Morgan fingerprint density at radius 1 is 1.05 bits per heavy atom. The van der Waals surface area contributed by atoms with Gasteiger partial charge in [-0.05, 0) is 73.7 Å². The van der Waals surface area contributed by atoms with Gasteiger partial charge >= 0.3 is 12.0 Å². The number of piperazine rings is 1. The molecule has 2 aromatic heterocycles. The van der Waals surface area contributed by atoms with Gasteiger partial charge in [0.25, 0.3) is 5.91 Å². The van der Waals surface area contributed by atoms with Crippen molar-refractivity contribution in [3.8, 4) is 0 Å². The molecule has 202 valence electrons. The number of nitrogens with zero attached hydrogens (tertiary/aromatic N) is 3. The van der Waals surface area contributed by atoms with E-state index in [0.29, 0.717) is 49.7 Å². The molecule has 1 atom stereocenters. The zero-order valence-electron chi connectivity index (χ0n) is 22.3. The van der Waals surface area contributed by atoms with E-state index in [4.69, 9.17) is 4.74 Å². The lowest BCUT2D eigenvalue weighted by molar-refractivity contribution is 0.0525. The van der Waals surface area contributed by atoms with Gasteiger partial charge in [-0.25, -0.2) is 9.59 Å². The van der Waals surface area contributed by atoms with Crippen LogP contribution in [0.2, 0.25) is 0 Å². The standard InChI is InChI=1S/C30H32N4O4S/c1-4-38-29(36)22-9-11-25(12-10-22)31-30(37)33-15-14-32(18-21(33)3)27(35)26-17-23-13-16-39-28(23)34(26)19-24-8-6-5-7-20(24)2/h5-13,16-17,21H,4,14-15,18-19H2,1-3H3,(H,31,37)/t21-/m1/s1. The first kappa shape index (κ1) is 26.5. The number of hydrogen-bond acceptors (Lipinski definition) is 5. The fourth-order valence-corrected chi connectivity index (χ4v) is 5.87. The van der Waals surface area contributed by atoms with Gasteiger partial charge in [0.1, 0.15) is 10.5 Å². The topological polar surface area (TPSA) is 83.9 Å². The molecule has 4 aromatic rings. The Morgan fingerprint density at radius 3 is 2.54 bits per heavy atom. The number of amides is 3. The van der Waals surface area contributed by atoms with Gasteiger partial charge in [0, 0.05) is 43.3 Å². The highest BCUT2D eigenvalue weighted by Crippen LogP contribution is 2.28. The zero-order chi connectivity index (χ0) is 27.5. The number of benzene rings is 2. The van der Waals surface area contributed by atoms with E-state index in [-0.39, 0.29) is 18.0 Å². The van der Waals surface area contributed by atoms with Crippen LogP contribution in [0.25, 0.3) is 10.2 Å². The van der Waals surface area contributed by atoms with Gasteiger partial charge in [-0.3, -0.25) is 4.79 Å². The van der Waals surface area contributed by atoms with Crippen LogP contribution in [-0.2, 0) is 11.3 Å². The minimum Gasteiger partial charge on any atom is -0.462 e. The second-order valence-corrected chi connectivity index (χ2v) is 10.6. The van der Waals surface area contributed by atoms with Gasteiger partial charge in [0.05, 0.1) is 12.2 Å². The van der Waals surface area contributed by atoms with Gasteiger partial charge in [0.15, 0.2) is 0 Å². The van der Waals surface area contributed by atoms with Crippen LogP contribution in [0.15, 0.2) is 66.0 Å². The van der Waals surface area contributed by atoms with E-state index in [0.717, 1.165) is 10.2 Å². The summed E-state index contributed by atoms with van der Waals surface area (Å²) in [7, 11) is 0. The first-order valence-electron chi connectivity index (χ1n) is 13.1. The summed E-state index contributed by atoms with van der Waals surface area (Å²) in [6.45, 7) is 8.05. The molecule has 9 heteroatoms. The summed E-state index contributed by atoms with van der Waals surface area (Å²) in [4.78, 5) is 43.3. The van der Waals surface area contributed by atoms with E-state index in [1.807, 2.05) is 30.0 Å². The number of aromatic nitrogens is 1. The molecule has 0 spiro atoms. The maximum absolute atomic E-state index is 13.8. The van der Waals surface area contributed by atoms with Crippen molar-refractivity contribution < 1.29 is 19.1 Å². The number of carbonyl (C=O) groups excluding carboxylic acids is 3. The number of nitrogens with one attached hydrogen (secondary N) is 1. The van der Waals surface area contributed by atoms with Crippen LogP contribution in [0.4, 0.5) is 10.5 Å². The van der Waals surface area contributed by atoms with Crippen molar-refractivity contribution >= 4 is 45.1 Å². The molecule has 1 aliphatic heterocycles. The molecule has 1 saturated heterocycles. The average Bonchev–Trinajstić information content (AvgIpc) is 3.52. The molecular weight excluding hydrogens is 512 g/mol. The zero-order valence-corrected chi connectivity index (χ0v) is 23.2. The summed E-state index contributed by atoms with van der Waals surface area (Å²) in [5.74, 6) is -0.414. The monoisotopic (exact) mass is 544 g/mol. The van der Waals surface area contributed by atoms with E-state index < -0.39 is 5.97 Å². The van der Waals surface area contributed by atoms with E-state index >= 15 is 0 Å². The molecule has 1 aliphatic rings. The van der Waals surface area contributed by atoms with Crippen LogP contribution in [0.3, 0.4) is 0 Å². The molecule has 3 heterocycles. The number of anilines is 1. The average molecular weight is 545 g/mol. The Balaban J connectivity index is 1.26. The predicted octanol–water partition coefficient (Wildman–Crippen LogP) is 5.61. The Morgan fingerprint density at radius 2 is 1.82 bits per heavy atom. The maximum atomic E-state index is 13.8. The molecule has 1 N–H and O–H groups in total. The van der Waals surface area contributed by atoms with E-state index in [9.17, 15) is 14.4 Å². The van der Waals surface area contributed by atoms with Gasteiger partial charge in [-0.1, -0.05) is 24.3 Å². The number of esters is 1. The van der Waals surface area contributed by atoms with Gasteiger partial charge < -0.3 is 24.4 Å². The van der Waals surface area contributed by atoms with Crippen LogP contribution in [0, 0.1) is 6.92 Å². The van der Waals surface area contributed by atoms with E-state index in [2.05, 4.69) is 40.4 Å². The SMILES string of the molecule is CCOC(=O)c1ccc(NC(=O)N2CCN(C(=O)c3cc4ccsc4n3Cc3ccccc3C)C[C@H]2C)cc1. The third-order valence-corrected chi connectivity index (χ3v) is 8.09. The Kier molecular flexibility index (Phi) is 7.70. The van der Waals surface area contributed by atoms with Crippen molar-refractivity contribution in [3.63, 3.8) is 0 Å². The quantitative estimate of drug-likeness (QED) is 0.320. The maximum Gasteiger partial charge on any atom is 0.338 e. The number of fused-ring (bicyclic) bond motifs is 1. The Hall–Kier alpha value is -4.11. The Bertz CT molecular complexity index is 1510. The first-order valence-corrected chi connectivity index (χ1v) is 14.0. The first-order chi connectivity index (χ1) is 18.9. The van der Waals surface area contributed by atoms with Gasteiger partial charge in [0.2, 0.25) is 0 Å². The highest BCUT2D eigenvalue weighted by Gasteiger charge is 2.32. The summed E-state index contributed by atoms with van der Waals surface area (Å²) in [6, 6.07) is 18.5. The highest BCUT2D eigenvalue weighted by molar-refractivity contribution is 7.16. The van der Waals surface area contributed by atoms with Crippen LogP contribution < -0.4 is 5.32 Å². The Labute approximate surface area is 231 Å². The molecular formula is C30H32N4O4S. The highest BCUT2D eigenvalue weighted by atomic mass is 32.1.